The first kappa shape index (κ1) is 23.7. The summed E-state index contributed by atoms with van der Waals surface area (Å²) in [7, 11) is 0. The van der Waals surface area contributed by atoms with Gasteiger partial charge in [-0.15, -0.1) is 24.0 Å². The first-order valence-electron chi connectivity index (χ1n) is 9.79. The molecule has 0 spiro atoms. The van der Waals surface area contributed by atoms with Gasteiger partial charge in [0.15, 0.2) is 5.96 Å². The maximum absolute atomic E-state index is 11.7. The minimum Gasteiger partial charge on any atom is -0.357 e. The fourth-order valence-electron chi connectivity index (χ4n) is 3.00. The van der Waals surface area contributed by atoms with E-state index in [0.29, 0.717) is 13.0 Å². The van der Waals surface area contributed by atoms with Crippen molar-refractivity contribution >= 4 is 35.8 Å². The third-order valence-corrected chi connectivity index (χ3v) is 4.43. The Kier molecular flexibility index (Phi) is 12.1. The maximum Gasteiger partial charge on any atom is 0.221 e. The fraction of sp³-hybridized carbons (Fsp3) is 0.600. The number of nitrogens with one attached hydrogen (secondary N) is 2. The highest BCUT2D eigenvalue weighted by Gasteiger charge is 2.19. The average molecular weight is 487 g/mol. The van der Waals surface area contributed by atoms with Gasteiger partial charge in [-0.1, -0.05) is 37.3 Å². The molecular weight excluding hydrogens is 453 g/mol. The van der Waals surface area contributed by atoms with Crippen LogP contribution in [0, 0.1) is 0 Å². The first-order chi connectivity index (χ1) is 12.7. The summed E-state index contributed by atoms with van der Waals surface area (Å²) < 4.78 is 0. The number of carbonyl (C=O) groups is 1. The Morgan fingerprint density at radius 1 is 1.07 bits per heavy atom. The predicted molar refractivity (Wildman–Crippen MR) is 123 cm³/mol. The summed E-state index contributed by atoms with van der Waals surface area (Å²) in [5.74, 6) is 1.01. The van der Waals surface area contributed by atoms with Crippen molar-refractivity contribution in [3.05, 3.63) is 35.9 Å². The van der Waals surface area contributed by atoms with Gasteiger partial charge in [0.25, 0.3) is 0 Å². The minimum absolute atomic E-state index is 0. The van der Waals surface area contributed by atoms with Crippen LogP contribution in [0.2, 0.25) is 0 Å². The highest BCUT2D eigenvalue weighted by Crippen LogP contribution is 2.08. The molecule has 6 nitrogen and oxygen atoms in total. The normalized spacial score (nSPS) is 15.2. The Labute approximate surface area is 180 Å². The molecule has 0 atom stereocenters. The molecule has 1 aliphatic rings. The van der Waals surface area contributed by atoms with Gasteiger partial charge in [0.1, 0.15) is 0 Å². The van der Waals surface area contributed by atoms with Crippen LogP contribution in [0.5, 0.6) is 0 Å². The van der Waals surface area contributed by atoms with Gasteiger partial charge in [0, 0.05) is 52.2 Å². The molecule has 0 unspecified atom stereocenters. The lowest BCUT2D eigenvalue weighted by molar-refractivity contribution is -0.120. The zero-order valence-electron chi connectivity index (χ0n) is 16.6. The van der Waals surface area contributed by atoms with Gasteiger partial charge >= 0.3 is 0 Å². The van der Waals surface area contributed by atoms with Gasteiger partial charge in [-0.3, -0.25) is 14.7 Å². The van der Waals surface area contributed by atoms with Crippen molar-refractivity contribution in [1.29, 1.82) is 0 Å². The predicted octanol–water partition coefficient (Wildman–Crippen LogP) is 2.30. The van der Waals surface area contributed by atoms with Crippen molar-refractivity contribution in [3.63, 3.8) is 0 Å². The molecule has 1 fully saturated rings. The lowest BCUT2D eigenvalue weighted by Crippen LogP contribution is -2.52. The Morgan fingerprint density at radius 2 is 1.78 bits per heavy atom. The standard InChI is InChI=1S/C20H33N5O.HI/c1-3-11-22-19(26)10-12-23-20(21-4-2)25-15-13-24(14-16-25)17-18-8-6-5-7-9-18;/h5-9H,3-4,10-17H2,1-2H3,(H,21,23)(H,22,26);1H. The second-order valence-corrected chi connectivity index (χ2v) is 6.58. The van der Waals surface area contributed by atoms with Crippen LogP contribution in [0.3, 0.4) is 0 Å². The van der Waals surface area contributed by atoms with E-state index in [1.807, 2.05) is 0 Å². The summed E-state index contributed by atoms with van der Waals surface area (Å²) in [6, 6.07) is 10.6. The highest BCUT2D eigenvalue weighted by atomic mass is 127. The number of hydrogen-bond donors (Lipinski definition) is 2. The zero-order valence-corrected chi connectivity index (χ0v) is 18.9. The number of halogens is 1. The number of amides is 1. The van der Waals surface area contributed by atoms with Crippen LogP contribution in [0.25, 0.3) is 0 Å². The third kappa shape index (κ3) is 8.92. The third-order valence-electron chi connectivity index (χ3n) is 4.43. The van der Waals surface area contributed by atoms with E-state index in [2.05, 4.69) is 69.6 Å². The molecular formula is C20H34IN5O. The number of rotatable bonds is 8. The van der Waals surface area contributed by atoms with Crippen LogP contribution >= 0.6 is 24.0 Å². The van der Waals surface area contributed by atoms with E-state index in [-0.39, 0.29) is 29.9 Å². The summed E-state index contributed by atoms with van der Waals surface area (Å²) in [6.07, 6.45) is 1.41. The number of piperazine rings is 1. The van der Waals surface area contributed by atoms with E-state index >= 15 is 0 Å². The fourth-order valence-corrected chi connectivity index (χ4v) is 3.00. The van der Waals surface area contributed by atoms with Gasteiger partial charge in [-0.2, -0.15) is 0 Å². The summed E-state index contributed by atoms with van der Waals surface area (Å²) >= 11 is 0. The quantitative estimate of drug-likeness (QED) is 0.336. The minimum atomic E-state index is 0. The lowest BCUT2D eigenvalue weighted by Gasteiger charge is -2.36. The smallest absolute Gasteiger partial charge is 0.221 e. The van der Waals surface area contributed by atoms with Crippen LogP contribution in [-0.2, 0) is 11.3 Å². The van der Waals surface area contributed by atoms with E-state index in [1.165, 1.54) is 5.56 Å². The summed E-state index contributed by atoms with van der Waals surface area (Å²) in [5.41, 5.74) is 1.36. The number of aliphatic imine (C=N–C) groups is 1. The largest absolute Gasteiger partial charge is 0.357 e. The molecule has 7 heteroatoms. The number of guanidine groups is 1. The molecule has 1 heterocycles. The van der Waals surface area contributed by atoms with Gasteiger partial charge in [-0.25, -0.2) is 0 Å². The Balaban J connectivity index is 0.00000364. The van der Waals surface area contributed by atoms with E-state index in [9.17, 15) is 4.79 Å². The molecule has 1 amide bonds. The Bertz CT molecular complexity index is 559. The maximum atomic E-state index is 11.7. The van der Waals surface area contributed by atoms with E-state index in [4.69, 9.17) is 0 Å². The Hall–Kier alpha value is -1.35. The molecule has 0 radical (unpaired) electrons. The van der Waals surface area contributed by atoms with Gasteiger partial charge in [-0.05, 0) is 18.9 Å². The molecule has 0 aliphatic carbocycles. The lowest BCUT2D eigenvalue weighted by atomic mass is 10.2. The second kappa shape index (κ2) is 13.8. The van der Waals surface area contributed by atoms with Crippen LogP contribution < -0.4 is 10.6 Å². The summed E-state index contributed by atoms with van der Waals surface area (Å²) in [4.78, 5) is 21.1. The Morgan fingerprint density at radius 3 is 2.41 bits per heavy atom. The number of benzene rings is 1. The molecule has 0 bridgehead atoms. The SMILES string of the molecule is CCCNC(=O)CCN=C(NCC)N1CCN(Cc2ccccc2)CC1.I. The zero-order chi connectivity index (χ0) is 18.6. The van der Waals surface area contributed by atoms with Crippen molar-refractivity contribution in [2.45, 2.75) is 33.2 Å². The van der Waals surface area contributed by atoms with Gasteiger partial charge in [0.2, 0.25) is 5.91 Å². The molecule has 27 heavy (non-hydrogen) atoms. The van der Waals surface area contributed by atoms with Crippen LogP contribution in [0.1, 0.15) is 32.3 Å². The van der Waals surface area contributed by atoms with Crippen molar-refractivity contribution < 1.29 is 4.79 Å². The molecule has 152 valence electrons. The van der Waals surface area contributed by atoms with Crippen molar-refractivity contribution in [3.8, 4) is 0 Å². The molecule has 0 aromatic heterocycles. The van der Waals surface area contributed by atoms with Crippen molar-refractivity contribution in [2.75, 3.05) is 45.8 Å². The summed E-state index contributed by atoms with van der Waals surface area (Å²) in [6.45, 7) is 11.2. The second-order valence-electron chi connectivity index (χ2n) is 6.58. The monoisotopic (exact) mass is 487 g/mol. The van der Waals surface area contributed by atoms with Crippen LogP contribution in [0.4, 0.5) is 0 Å². The number of nitrogens with zero attached hydrogens (tertiary/aromatic N) is 3. The van der Waals surface area contributed by atoms with Crippen LogP contribution in [-0.4, -0.2) is 67.5 Å². The van der Waals surface area contributed by atoms with Crippen molar-refractivity contribution in [2.24, 2.45) is 4.99 Å². The highest BCUT2D eigenvalue weighted by molar-refractivity contribution is 14.0. The molecule has 1 aromatic carbocycles. The molecule has 0 saturated carbocycles. The van der Waals surface area contributed by atoms with E-state index < -0.39 is 0 Å². The van der Waals surface area contributed by atoms with E-state index in [0.717, 1.165) is 58.2 Å². The topological polar surface area (TPSA) is 60.0 Å². The first-order valence-corrected chi connectivity index (χ1v) is 9.79. The molecule has 1 aromatic rings. The average Bonchev–Trinajstić information content (AvgIpc) is 2.67. The molecule has 1 aliphatic heterocycles. The van der Waals surface area contributed by atoms with E-state index in [1.54, 1.807) is 0 Å². The molecule has 1 saturated heterocycles. The molecule has 2 N–H and O–H groups in total. The molecule has 2 rings (SSSR count). The van der Waals surface area contributed by atoms with Gasteiger partial charge in [0.05, 0.1) is 6.54 Å². The summed E-state index contributed by atoms with van der Waals surface area (Å²) in [5, 5.41) is 6.26. The number of hydrogen-bond acceptors (Lipinski definition) is 3. The number of carbonyl (C=O) groups excluding carboxylic acids is 1. The van der Waals surface area contributed by atoms with Gasteiger partial charge < -0.3 is 15.5 Å². The van der Waals surface area contributed by atoms with Crippen molar-refractivity contribution in [1.82, 2.24) is 20.4 Å². The van der Waals surface area contributed by atoms with Crippen LogP contribution in [0.15, 0.2) is 35.3 Å².